The largest absolute Gasteiger partial charge is 0.473 e. The van der Waals surface area contributed by atoms with Gasteiger partial charge in [0.2, 0.25) is 11.8 Å². The lowest BCUT2D eigenvalue weighted by Crippen LogP contribution is -2.03. The summed E-state index contributed by atoms with van der Waals surface area (Å²) >= 11 is 6.20. The van der Waals surface area contributed by atoms with Crippen molar-refractivity contribution < 1.29 is 9.47 Å². The van der Waals surface area contributed by atoms with Crippen molar-refractivity contribution in [1.82, 2.24) is 4.98 Å². The van der Waals surface area contributed by atoms with Gasteiger partial charge in [0.05, 0.1) is 0 Å². The van der Waals surface area contributed by atoms with Crippen LogP contribution in [0.15, 0.2) is 91.0 Å². The van der Waals surface area contributed by atoms with Gasteiger partial charge in [0.1, 0.15) is 13.2 Å². The van der Waals surface area contributed by atoms with E-state index in [1.165, 1.54) is 0 Å². The van der Waals surface area contributed by atoms with Crippen LogP contribution in [0.1, 0.15) is 11.1 Å². The molecular formula is C25H21ClN2O2. The fraction of sp³-hybridized carbons (Fsp3) is 0.0800. The first-order valence-corrected chi connectivity index (χ1v) is 9.97. The molecular weight excluding hydrogens is 396 g/mol. The highest BCUT2D eigenvalue weighted by Crippen LogP contribution is 2.36. The lowest BCUT2D eigenvalue weighted by molar-refractivity contribution is 0.268. The van der Waals surface area contributed by atoms with Crippen LogP contribution in [0.25, 0.3) is 11.1 Å². The van der Waals surface area contributed by atoms with E-state index < -0.39 is 0 Å². The minimum atomic E-state index is 0.378. The molecule has 4 rings (SSSR count). The molecule has 0 aliphatic rings. The van der Waals surface area contributed by atoms with Gasteiger partial charge in [-0.15, -0.1) is 0 Å². The molecule has 5 heteroatoms. The summed E-state index contributed by atoms with van der Waals surface area (Å²) in [4.78, 5) is 4.61. The van der Waals surface area contributed by atoms with Crippen LogP contribution in [-0.4, -0.2) is 4.98 Å². The van der Waals surface area contributed by atoms with E-state index in [0.29, 0.717) is 35.7 Å². The zero-order chi connectivity index (χ0) is 20.8. The molecule has 0 fully saturated rings. The summed E-state index contributed by atoms with van der Waals surface area (Å²) in [5.74, 6) is 0.921. The molecule has 0 saturated heterocycles. The zero-order valence-corrected chi connectivity index (χ0v) is 17.0. The van der Waals surface area contributed by atoms with E-state index in [4.69, 9.17) is 26.8 Å². The molecule has 0 amide bonds. The first kappa shape index (κ1) is 19.8. The van der Waals surface area contributed by atoms with Gasteiger partial charge in [-0.2, -0.15) is 4.98 Å². The predicted octanol–water partition coefficient (Wildman–Crippen LogP) is 6.14. The van der Waals surface area contributed by atoms with Crippen LogP contribution in [0.4, 0.5) is 5.69 Å². The van der Waals surface area contributed by atoms with Gasteiger partial charge in [0.25, 0.3) is 0 Å². The van der Waals surface area contributed by atoms with Crippen molar-refractivity contribution in [2.45, 2.75) is 13.2 Å². The topological polar surface area (TPSA) is 57.4 Å². The highest BCUT2D eigenvalue weighted by atomic mass is 35.5. The number of hydrogen-bond donors (Lipinski definition) is 1. The second-order valence-corrected chi connectivity index (χ2v) is 7.22. The van der Waals surface area contributed by atoms with Crippen molar-refractivity contribution in [2.24, 2.45) is 0 Å². The molecule has 0 saturated carbocycles. The number of halogens is 1. The molecule has 0 unspecified atom stereocenters. The minimum Gasteiger partial charge on any atom is -0.473 e. The van der Waals surface area contributed by atoms with E-state index in [9.17, 15) is 0 Å². The van der Waals surface area contributed by atoms with Gasteiger partial charge in [-0.25, -0.2) is 0 Å². The maximum atomic E-state index is 6.20. The van der Waals surface area contributed by atoms with Crippen LogP contribution in [0.2, 0.25) is 5.02 Å². The number of benzene rings is 3. The Balaban J connectivity index is 1.63. The number of anilines is 1. The quantitative estimate of drug-likeness (QED) is 0.367. The van der Waals surface area contributed by atoms with Crippen molar-refractivity contribution in [3.8, 4) is 22.9 Å². The van der Waals surface area contributed by atoms with Crippen molar-refractivity contribution in [2.75, 3.05) is 5.73 Å². The lowest BCUT2D eigenvalue weighted by Gasteiger charge is -2.14. The van der Waals surface area contributed by atoms with Crippen LogP contribution in [0.5, 0.6) is 11.8 Å². The van der Waals surface area contributed by atoms with E-state index in [1.807, 2.05) is 78.9 Å². The van der Waals surface area contributed by atoms with Gasteiger partial charge in [-0.05, 0) is 35.4 Å². The predicted molar refractivity (Wildman–Crippen MR) is 121 cm³/mol. The van der Waals surface area contributed by atoms with Gasteiger partial charge in [-0.3, -0.25) is 0 Å². The number of nitrogen functional groups attached to an aromatic ring is 1. The van der Waals surface area contributed by atoms with Gasteiger partial charge >= 0.3 is 0 Å². The maximum Gasteiger partial charge on any atom is 0.225 e. The third kappa shape index (κ3) is 4.91. The van der Waals surface area contributed by atoms with E-state index in [2.05, 4.69) is 4.98 Å². The summed E-state index contributed by atoms with van der Waals surface area (Å²) in [5, 5.41) is 0.595. The number of hydrogen-bond acceptors (Lipinski definition) is 4. The van der Waals surface area contributed by atoms with Crippen LogP contribution >= 0.6 is 11.6 Å². The molecule has 0 aliphatic heterocycles. The third-order valence-electron chi connectivity index (χ3n) is 4.59. The summed E-state index contributed by atoms with van der Waals surface area (Å²) in [6, 6.07) is 28.9. The smallest absolute Gasteiger partial charge is 0.225 e. The second-order valence-electron chi connectivity index (χ2n) is 6.78. The first-order valence-electron chi connectivity index (χ1n) is 9.59. The number of ether oxygens (including phenoxy) is 2. The Morgan fingerprint density at radius 2 is 1.33 bits per heavy atom. The standard InChI is InChI=1S/C25H21ClN2O2/c26-20-11-13-23(27)22(15-20)21-12-14-24(29-16-18-7-3-1-4-8-18)28-25(21)30-17-19-9-5-2-6-10-19/h1-15H,16-17,27H2. The normalized spacial score (nSPS) is 10.6. The molecule has 3 aromatic carbocycles. The molecule has 4 aromatic rings. The molecule has 1 heterocycles. The van der Waals surface area contributed by atoms with Crippen LogP contribution in [0.3, 0.4) is 0 Å². The average Bonchev–Trinajstić information content (AvgIpc) is 2.79. The fourth-order valence-corrected chi connectivity index (χ4v) is 3.21. The average molecular weight is 417 g/mol. The van der Waals surface area contributed by atoms with Crippen LogP contribution < -0.4 is 15.2 Å². The fourth-order valence-electron chi connectivity index (χ4n) is 3.04. The zero-order valence-electron chi connectivity index (χ0n) is 16.3. The van der Waals surface area contributed by atoms with Gasteiger partial charge in [-0.1, -0.05) is 72.3 Å². The number of pyridine rings is 1. The Morgan fingerprint density at radius 3 is 2.00 bits per heavy atom. The van der Waals surface area contributed by atoms with Gasteiger partial charge in [0, 0.05) is 27.9 Å². The molecule has 2 N–H and O–H groups in total. The summed E-state index contributed by atoms with van der Waals surface area (Å²) in [6.45, 7) is 0.800. The monoisotopic (exact) mass is 416 g/mol. The Kier molecular flexibility index (Phi) is 6.16. The molecule has 150 valence electrons. The van der Waals surface area contributed by atoms with Gasteiger partial charge < -0.3 is 15.2 Å². The highest BCUT2D eigenvalue weighted by molar-refractivity contribution is 6.31. The maximum absolute atomic E-state index is 6.20. The van der Waals surface area contributed by atoms with E-state index in [0.717, 1.165) is 22.3 Å². The van der Waals surface area contributed by atoms with Crippen LogP contribution in [-0.2, 0) is 13.2 Å². The number of rotatable bonds is 7. The van der Waals surface area contributed by atoms with Gasteiger partial charge in [0.15, 0.2) is 0 Å². The summed E-state index contributed by atoms with van der Waals surface area (Å²) in [6.07, 6.45) is 0. The Hall–Kier alpha value is -3.50. The van der Waals surface area contributed by atoms with Crippen molar-refractivity contribution >= 4 is 17.3 Å². The van der Waals surface area contributed by atoms with Crippen molar-refractivity contribution in [1.29, 1.82) is 0 Å². The third-order valence-corrected chi connectivity index (χ3v) is 4.82. The number of nitrogens with zero attached hydrogens (tertiary/aromatic N) is 1. The summed E-state index contributed by atoms with van der Waals surface area (Å²) < 4.78 is 12.0. The second kappa shape index (κ2) is 9.33. The minimum absolute atomic E-state index is 0.378. The summed E-state index contributed by atoms with van der Waals surface area (Å²) in [7, 11) is 0. The Bertz CT molecular complexity index is 1120. The van der Waals surface area contributed by atoms with Crippen molar-refractivity contribution in [3.05, 3.63) is 107 Å². The number of aromatic nitrogens is 1. The molecule has 0 radical (unpaired) electrons. The van der Waals surface area contributed by atoms with E-state index in [1.54, 1.807) is 12.1 Å². The van der Waals surface area contributed by atoms with Crippen molar-refractivity contribution in [3.63, 3.8) is 0 Å². The Labute approximate surface area is 180 Å². The van der Waals surface area contributed by atoms with Crippen LogP contribution in [0, 0.1) is 0 Å². The molecule has 0 spiro atoms. The molecule has 0 aliphatic carbocycles. The first-order chi connectivity index (χ1) is 14.7. The number of nitrogens with two attached hydrogens (primary N) is 1. The molecule has 0 bridgehead atoms. The highest BCUT2D eigenvalue weighted by Gasteiger charge is 2.14. The molecule has 1 aromatic heterocycles. The van der Waals surface area contributed by atoms with E-state index in [-0.39, 0.29) is 0 Å². The Morgan fingerprint density at radius 1 is 0.700 bits per heavy atom. The molecule has 30 heavy (non-hydrogen) atoms. The lowest BCUT2D eigenvalue weighted by atomic mass is 10.1. The SMILES string of the molecule is Nc1ccc(Cl)cc1-c1ccc(OCc2ccccc2)nc1OCc1ccccc1. The molecule has 4 nitrogen and oxygen atoms in total. The molecule has 0 atom stereocenters. The van der Waals surface area contributed by atoms with E-state index >= 15 is 0 Å². The summed E-state index contributed by atoms with van der Waals surface area (Å²) in [5.41, 5.74) is 10.4.